The first kappa shape index (κ1) is 11.8. The average Bonchev–Trinajstić information content (AvgIpc) is 2.29. The zero-order chi connectivity index (χ0) is 12.9. The third-order valence-corrected chi connectivity index (χ3v) is 4.17. The van der Waals surface area contributed by atoms with Crippen LogP contribution in [0.3, 0.4) is 0 Å². The summed E-state index contributed by atoms with van der Waals surface area (Å²) in [5.74, 6) is -1.15. The highest BCUT2D eigenvalue weighted by Crippen LogP contribution is 2.41. The van der Waals surface area contributed by atoms with Crippen molar-refractivity contribution in [3.05, 3.63) is 34.9 Å². The van der Waals surface area contributed by atoms with Gasteiger partial charge >= 0.3 is 0 Å². The molecule has 0 unspecified atom stereocenters. The Morgan fingerprint density at radius 1 is 1.33 bits per heavy atom. The summed E-state index contributed by atoms with van der Waals surface area (Å²) in [7, 11) is 2.00. The predicted octanol–water partition coefficient (Wildman–Crippen LogP) is 2.59. The Balaban J connectivity index is 2.12. The highest BCUT2D eigenvalue weighted by atomic mass is 19.1. The topological polar surface area (TPSA) is 20.3 Å². The second kappa shape index (κ2) is 4.12. The van der Waals surface area contributed by atoms with Crippen molar-refractivity contribution >= 4 is 5.78 Å². The van der Waals surface area contributed by atoms with Crippen LogP contribution in [-0.2, 0) is 0 Å². The van der Waals surface area contributed by atoms with E-state index in [1.54, 1.807) is 0 Å². The smallest absolute Gasteiger partial charge is 0.166 e. The minimum atomic E-state index is -0.707. The van der Waals surface area contributed by atoms with Crippen molar-refractivity contribution < 1.29 is 13.6 Å². The molecule has 0 amide bonds. The summed E-state index contributed by atoms with van der Waals surface area (Å²) in [4.78, 5) is 14.1. The number of ketones is 1. The highest BCUT2D eigenvalue weighted by molar-refractivity contribution is 5.99. The Kier molecular flexibility index (Phi) is 2.70. The van der Waals surface area contributed by atoms with Gasteiger partial charge in [0.05, 0.1) is 5.56 Å². The molecule has 0 bridgehead atoms. The van der Waals surface area contributed by atoms with Crippen LogP contribution in [0.1, 0.15) is 34.7 Å². The Bertz CT molecular complexity index is 515. The Morgan fingerprint density at radius 3 is 2.89 bits per heavy atom. The van der Waals surface area contributed by atoms with Crippen LogP contribution in [0.5, 0.6) is 0 Å². The van der Waals surface area contributed by atoms with Crippen LogP contribution >= 0.6 is 0 Å². The number of halogens is 2. The van der Waals surface area contributed by atoms with Gasteiger partial charge in [0.1, 0.15) is 11.6 Å². The summed E-state index contributed by atoms with van der Waals surface area (Å²) in [6.07, 6.45) is 1.32. The van der Waals surface area contributed by atoms with Gasteiger partial charge in [0.15, 0.2) is 5.78 Å². The molecule has 1 aromatic carbocycles. The summed E-state index contributed by atoms with van der Waals surface area (Å²) < 4.78 is 27.1. The summed E-state index contributed by atoms with van der Waals surface area (Å²) >= 11 is 0. The largest absolute Gasteiger partial charge is 0.306 e. The number of benzene rings is 1. The maximum Gasteiger partial charge on any atom is 0.166 e. The van der Waals surface area contributed by atoms with E-state index in [-0.39, 0.29) is 23.2 Å². The fourth-order valence-electron chi connectivity index (χ4n) is 3.28. The van der Waals surface area contributed by atoms with Crippen LogP contribution in [0.4, 0.5) is 8.78 Å². The van der Waals surface area contributed by atoms with Gasteiger partial charge in [0.25, 0.3) is 0 Å². The predicted molar refractivity (Wildman–Crippen MR) is 63.7 cm³/mol. The molecule has 2 atom stereocenters. The lowest BCUT2D eigenvalue weighted by molar-refractivity contribution is 0.0881. The van der Waals surface area contributed by atoms with Gasteiger partial charge in [-0.1, -0.05) is 0 Å². The molecule has 18 heavy (non-hydrogen) atoms. The van der Waals surface area contributed by atoms with Crippen LogP contribution in [0.15, 0.2) is 12.1 Å². The van der Waals surface area contributed by atoms with E-state index in [9.17, 15) is 13.6 Å². The van der Waals surface area contributed by atoms with Gasteiger partial charge in [-0.15, -0.1) is 0 Å². The van der Waals surface area contributed by atoms with E-state index >= 15 is 0 Å². The molecule has 2 aliphatic rings. The SMILES string of the molecule is CN1CC[C@H]2CC(=O)c3c(F)cc(F)cc3[C@@H]2C1. The number of carbonyl (C=O) groups excluding carboxylic acids is 1. The van der Waals surface area contributed by atoms with Gasteiger partial charge in [0.2, 0.25) is 0 Å². The van der Waals surface area contributed by atoms with E-state index in [2.05, 4.69) is 4.90 Å². The minimum Gasteiger partial charge on any atom is -0.306 e. The molecule has 1 fully saturated rings. The highest BCUT2D eigenvalue weighted by Gasteiger charge is 2.38. The fourth-order valence-corrected chi connectivity index (χ4v) is 3.28. The number of rotatable bonds is 0. The van der Waals surface area contributed by atoms with Crippen molar-refractivity contribution in [3.63, 3.8) is 0 Å². The third-order valence-electron chi connectivity index (χ3n) is 4.17. The number of likely N-dealkylation sites (N-methyl/N-ethyl adjacent to an activating group) is 1. The van der Waals surface area contributed by atoms with Gasteiger partial charge in [-0.05, 0) is 37.6 Å². The maximum atomic E-state index is 13.8. The molecule has 1 saturated heterocycles. The first-order valence-electron chi connectivity index (χ1n) is 6.27. The van der Waals surface area contributed by atoms with Crippen molar-refractivity contribution in [3.8, 4) is 0 Å². The normalized spacial score (nSPS) is 27.8. The van der Waals surface area contributed by atoms with Gasteiger partial charge in [-0.3, -0.25) is 4.79 Å². The van der Waals surface area contributed by atoms with Crippen LogP contribution in [-0.4, -0.2) is 30.8 Å². The van der Waals surface area contributed by atoms with Crippen molar-refractivity contribution in [1.29, 1.82) is 0 Å². The molecule has 0 aromatic heterocycles. The van der Waals surface area contributed by atoms with Crippen LogP contribution in [0, 0.1) is 17.6 Å². The third kappa shape index (κ3) is 1.75. The standard InChI is InChI=1S/C14H15F2NO/c1-17-3-2-8-4-13(18)14-10(11(8)7-17)5-9(15)6-12(14)16/h5-6,8,11H,2-4,7H2,1H3/t8-,11+/m0/s1. The Morgan fingerprint density at radius 2 is 2.11 bits per heavy atom. The van der Waals surface area contributed by atoms with Crippen molar-refractivity contribution in [2.75, 3.05) is 20.1 Å². The molecule has 3 rings (SSSR count). The molecular formula is C14H15F2NO. The van der Waals surface area contributed by atoms with E-state index in [1.165, 1.54) is 6.07 Å². The number of likely N-dealkylation sites (tertiary alicyclic amines) is 1. The molecule has 0 radical (unpaired) electrons. The number of fused-ring (bicyclic) bond motifs is 3. The lowest BCUT2D eigenvalue weighted by atomic mass is 9.71. The van der Waals surface area contributed by atoms with Gasteiger partial charge in [0, 0.05) is 24.9 Å². The average molecular weight is 251 g/mol. The maximum absolute atomic E-state index is 13.8. The molecule has 0 spiro atoms. The van der Waals surface area contributed by atoms with Crippen LogP contribution < -0.4 is 0 Å². The Hall–Kier alpha value is -1.29. The number of piperidine rings is 1. The first-order chi connectivity index (χ1) is 8.56. The zero-order valence-electron chi connectivity index (χ0n) is 10.2. The zero-order valence-corrected chi connectivity index (χ0v) is 10.2. The molecule has 1 aromatic rings. The molecule has 2 nitrogen and oxygen atoms in total. The van der Waals surface area contributed by atoms with E-state index < -0.39 is 11.6 Å². The van der Waals surface area contributed by atoms with Gasteiger partial charge in [-0.25, -0.2) is 8.78 Å². The second-order valence-electron chi connectivity index (χ2n) is 5.40. The number of Topliss-reactive ketones (excluding diaryl/α,β-unsaturated/α-hetero) is 1. The van der Waals surface area contributed by atoms with E-state index in [1.807, 2.05) is 7.05 Å². The molecular weight excluding hydrogens is 236 g/mol. The first-order valence-corrected chi connectivity index (χ1v) is 6.27. The summed E-state index contributed by atoms with van der Waals surface area (Å²) in [6, 6.07) is 2.15. The summed E-state index contributed by atoms with van der Waals surface area (Å²) in [5.41, 5.74) is 0.688. The van der Waals surface area contributed by atoms with E-state index in [4.69, 9.17) is 0 Å². The lowest BCUT2D eigenvalue weighted by Crippen LogP contribution is -2.40. The summed E-state index contributed by atoms with van der Waals surface area (Å²) in [5, 5.41) is 0. The van der Waals surface area contributed by atoms with Gasteiger partial charge < -0.3 is 4.90 Å². The summed E-state index contributed by atoms with van der Waals surface area (Å²) in [6.45, 7) is 1.72. The molecule has 4 heteroatoms. The lowest BCUT2D eigenvalue weighted by Gasteiger charge is -2.40. The van der Waals surface area contributed by atoms with Crippen LogP contribution in [0.2, 0.25) is 0 Å². The Labute approximate surface area is 105 Å². The quantitative estimate of drug-likeness (QED) is 0.706. The second-order valence-corrected chi connectivity index (χ2v) is 5.40. The van der Waals surface area contributed by atoms with Gasteiger partial charge in [-0.2, -0.15) is 0 Å². The number of nitrogens with zero attached hydrogens (tertiary/aromatic N) is 1. The molecule has 1 aliphatic carbocycles. The minimum absolute atomic E-state index is 0.0849. The molecule has 1 heterocycles. The van der Waals surface area contributed by atoms with Crippen molar-refractivity contribution in [2.45, 2.75) is 18.8 Å². The van der Waals surface area contributed by atoms with Crippen molar-refractivity contribution in [1.82, 2.24) is 4.90 Å². The van der Waals surface area contributed by atoms with Crippen molar-refractivity contribution in [2.24, 2.45) is 5.92 Å². The van der Waals surface area contributed by atoms with Crippen LogP contribution in [0.25, 0.3) is 0 Å². The number of carbonyl (C=O) groups is 1. The number of hydrogen-bond donors (Lipinski definition) is 0. The monoisotopic (exact) mass is 251 g/mol. The molecule has 0 N–H and O–H groups in total. The van der Waals surface area contributed by atoms with E-state index in [0.717, 1.165) is 25.6 Å². The molecule has 0 saturated carbocycles. The molecule has 1 aliphatic heterocycles. The number of hydrogen-bond acceptors (Lipinski definition) is 2. The fraction of sp³-hybridized carbons (Fsp3) is 0.500. The van der Waals surface area contributed by atoms with E-state index in [0.29, 0.717) is 12.0 Å². The molecule has 96 valence electrons.